The van der Waals surface area contributed by atoms with Gasteiger partial charge >= 0.3 is 0 Å². The van der Waals surface area contributed by atoms with E-state index >= 15 is 0 Å². The van der Waals surface area contributed by atoms with Crippen molar-refractivity contribution in [2.75, 3.05) is 0 Å². The molecule has 1 heterocycles. The molecule has 1 aliphatic heterocycles. The van der Waals surface area contributed by atoms with Crippen LogP contribution in [0.2, 0.25) is 0 Å². The van der Waals surface area contributed by atoms with E-state index in [2.05, 4.69) is 6.58 Å². The zero-order valence-electron chi connectivity index (χ0n) is 11.2. The minimum atomic E-state index is -0.437. The number of hydrogen-bond donors (Lipinski definition) is 0. The molecule has 1 atom stereocenters. The molecule has 0 bridgehead atoms. The van der Waals surface area contributed by atoms with Crippen molar-refractivity contribution in [2.24, 2.45) is 0 Å². The smallest absolute Gasteiger partial charge is 0.255 e. The first kappa shape index (κ1) is 13.0. The Morgan fingerprint density at radius 2 is 2.10 bits per heavy atom. The molecule has 1 amide bonds. The molecule has 4 heteroatoms. The first-order valence-electron chi connectivity index (χ1n) is 6.85. The summed E-state index contributed by atoms with van der Waals surface area (Å²) in [6.07, 6.45) is 2.63. The first-order valence-corrected chi connectivity index (χ1v) is 6.85. The van der Waals surface area contributed by atoms with E-state index in [1.807, 2.05) is 0 Å². The van der Waals surface area contributed by atoms with E-state index < -0.39 is 6.04 Å². The van der Waals surface area contributed by atoms with E-state index in [1.54, 1.807) is 6.07 Å². The van der Waals surface area contributed by atoms with Crippen molar-refractivity contribution < 1.29 is 14.0 Å². The van der Waals surface area contributed by atoms with Gasteiger partial charge in [-0.15, -0.1) is 0 Å². The monoisotopic (exact) mass is 273 g/mol. The minimum Gasteiger partial charge on any atom is -0.324 e. The van der Waals surface area contributed by atoms with Crippen LogP contribution in [0.15, 0.2) is 30.4 Å². The summed E-state index contributed by atoms with van der Waals surface area (Å²) in [6, 6.07) is 4.08. The number of hydrogen-bond acceptors (Lipinski definition) is 2. The molecule has 20 heavy (non-hydrogen) atoms. The summed E-state index contributed by atoms with van der Waals surface area (Å²) in [5.74, 6) is -0.580. The molecule has 1 aromatic rings. The predicted octanol–water partition coefficient (Wildman–Crippen LogP) is 2.85. The largest absolute Gasteiger partial charge is 0.324 e. The van der Waals surface area contributed by atoms with Crippen molar-refractivity contribution in [3.63, 3.8) is 0 Å². The van der Waals surface area contributed by atoms with Gasteiger partial charge in [0.25, 0.3) is 5.91 Å². The van der Waals surface area contributed by atoms with Crippen molar-refractivity contribution in [3.05, 3.63) is 47.3 Å². The topological polar surface area (TPSA) is 37.4 Å². The van der Waals surface area contributed by atoms with Gasteiger partial charge in [0, 0.05) is 17.5 Å². The van der Waals surface area contributed by atoms with Gasteiger partial charge in [-0.2, -0.15) is 0 Å². The van der Waals surface area contributed by atoms with Crippen molar-refractivity contribution in [1.29, 1.82) is 0 Å². The fourth-order valence-corrected chi connectivity index (χ4v) is 3.06. The molecular formula is C16H16FNO2. The summed E-state index contributed by atoms with van der Waals surface area (Å²) < 4.78 is 13.8. The molecule has 0 unspecified atom stereocenters. The molecule has 1 saturated carbocycles. The fraction of sp³-hybridized carbons (Fsp3) is 0.375. The molecule has 2 aliphatic rings. The van der Waals surface area contributed by atoms with E-state index in [0.29, 0.717) is 24.0 Å². The number of fused-ring (bicyclic) bond motifs is 1. The highest BCUT2D eigenvalue weighted by Crippen LogP contribution is 2.31. The lowest BCUT2D eigenvalue weighted by Crippen LogP contribution is -2.40. The third-order valence-electron chi connectivity index (χ3n) is 4.12. The molecule has 1 aliphatic carbocycles. The third kappa shape index (κ3) is 2.05. The van der Waals surface area contributed by atoms with Crippen molar-refractivity contribution in [1.82, 2.24) is 4.90 Å². The quantitative estimate of drug-likeness (QED) is 0.583. The number of amides is 1. The van der Waals surface area contributed by atoms with Gasteiger partial charge in [0.1, 0.15) is 5.82 Å². The average Bonchev–Trinajstić information content (AvgIpc) is 2.64. The molecule has 0 N–H and O–H groups in total. The van der Waals surface area contributed by atoms with Crippen LogP contribution < -0.4 is 0 Å². The van der Waals surface area contributed by atoms with E-state index in [9.17, 15) is 14.0 Å². The maximum atomic E-state index is 13.8. The summed E-state index contributed by atoms with van der Waals surface area (Å²) in [5.41, 5.74) is 1.72. The number of benzene rings is 1. The summed E-state index contributed by atoms with van der Waals surface area (Å²) in [5, 5.41) is 0. The summed E-state index contributed by atoms with van der Waals surface area (Å²) in [7, 11) is 0. The normalized spacial score (nSPS) is 22.9. The van der Waals surface area contributed by atoms with Crippen LogP contribution in [0.5, 0.6) is 0 Å². The second-order valence-corrected chi connectivity index (χ2v) is 5.50. The number of allylic oxidation sites excluding steroid dienone is 1. The average molecular weight is 273 g/mol. The van der Waals surface area contributed by atoms with E-state index in [0.717, 1.165) is 18.4 Å². The molecule has 1 fully saturated rings. The van der Waals surface area contributed by atoms with Gasteiger partial charge < -0.3 is 4.90 Å². The summed E-state index contributed by atoms with van der Waals surface area (Å²) in [6.45, 7) is 4.07. The SMILES string of the molecule is C=C1CCC[C@H](N2Cc3c(F)cccc3C2=O)C(=O)C1. The maximum absolute atomic E-state index is 13.8. The van der Waals surface area contributed by atoms with Crippen LogP contribution in [0.25, 0.3) is 0 Å². The fourth-order valence-electron chi connectivity index (χ4n) is 3.06. The van der Waals surface area contributed by atoms with Gasteiger partial charge in [0.15, 0.2) is 5.78 Å². The van der Waals surface area contributed by atoms with Crippen LogP contribution in [-0.4, -0.2) is 22.6 Å². The van der Waals surface area contributed by atoms with Gasteiger partial charge in [-0.25, -0.2) is 4.39 Å². The lowest BCUT2D eigenvalue weighted by molar-refractivity contribution is -0.122. The number of carbonyl (C=O) groups is 2. The lowest BCUT2D eigenvalue weighted by atomic mass is 10.1. The number of nitrogens with zero attached hydrogens (tertiary/aromatic N) is 1. The van der Waals surface area contributed by atoms with Gasteiger partial charge in [-0.3, -0.25) is 9.59 Å². The van der Waals surface area contributed by atoms with Crippen molar-refractivity contribution in [3.8, 4) is 0 Å². The number of carbonyl (C=O) groups excluding carboxylic acids is 2. The Morgan fingerprint density at radius 3 is 2.85 bits per heavy atom. The van der Waals surface area contributed by atoms with Crippen molar-refractivity contribution in [2.45, 2.75) is 38.3 Å². The number of halogens is 1. The molecule has 0 spiro atoms. The zero-order chi connectivity index (χ0) is 14.3. The van der Waals surface area contributed by atoms with Crippen LogP contribution in [0.4, 0.5) is 4.39 Å². The summed E-state index contributed by atoms with van der Waals surface area (Å²) >= 11 is 0. The van der Waals surface area contributed by atoms with Crippen LogP contribution in [0.1, 0.15) is 41.6 Å². The molecule has 1 aromatic carbocycles. The predicted molar refractivity (Wildman–Crippen MR) is 72.7 cm³/mol. The maximum Gasteiger partial charge on any atom is 0.255 e. The van der Waals surface area contributed by atoms with E-state index in [4.69, 9.17) is 0 Å². The zero-order valence-corrected chi connectivity index (χ0v) is 11.2. The van der Waals surface area contributed by atoms with Gasteiger partial charge in [-0.05, 0) is 31.4 Å². The Labute approximate surface area is 117 Å². The molecule has 0 saturated heterocycles. The highest BCUT2D eigenvalue weighted by atomic mass is 19.1. The minimum absolute atomic E-state index is 0.0223. The summed E-state index contributed by atoms with van der Waals surface area (Å²) in [4.78, 5) is 26.1. The van der Waals surface area contributed by atoms with Crippen LogP contribution in [0, 0.1) is 5.82 Å². The Kier molecular flexibility index (Phi) is 3.16. The molecule has 3 rings (SSSR count). The van der Waals surface area contributed by atoms with Crippen LogP contribution in [-0.2, 0) is 11.3 Å². The third-order valence-corrected chi connectivity index (χ3v) is 4.12. The van der Waals surface area contributed by atoms with E-state index in [-0.39, 0.29) is 24.1 Å². The highest BCUT2D eigenvalue weighted by Gasteiger charge is 2.37. The lowest BCUT2D eigenvalue weighted by Gasteiger charge is -2.25. The standard InChI is InChI=1S/C16H16FNO2/c1-10-4-2-7-14(15(19)8-10)18-9-12-11(16(18)20)5-3-6-13(12)17/h3,5-6,14H,1-2,4,7-9H2/t14-/m0/s1. The number of ketones is 1. The van der Waals surface area contributed by atoms with Crippen LogP contribution in [0.3, 0.4) is 0 Å². The number of rotatable bonds is 1. The van der Waals surface area contributed by atoms with Gasteiger partial charge in [0.05, 0.1) is 12.6 Å². The van der Waals surface area contributed by atoms with Crippen LogP contribution >= 0.6 is 0 Å². The van der Waals surface area contributed by atoms with E-state index in [1.165, 1.54) is 17.0 Å². The Morgan fingerprint density at radius 1 is 1.30 bits per heavy atom. The second kappa shape index (κ2) is 4.85. The highest BCUT2D eigenvalue weighted by molar-refractivity contribution is 6.01. The Balaban J connectivity index is 1.90. The second-order valence-electron chi connectivity index (χ2n) is 5.50. The first-order chi connectivity index (χ1) is 9.58. The molecular weight excluding hydrogens is 257 g/mol. The number of Topliss-reactive ketones (excluding diaryl/α,β-unsaturated/α-hetero) is 1. The van der Waals surface area contributed by atoms with Gasteiger partial charge in [-0.1, -0.05) is 18.2 Å². The molecule has 0 aromatic heterocycles. The van der Waals surface area contributed by atoms with Crippen molar-refractivity contribution >= 4 is 11.7 Å². The Bertz CT molecular complexity index is 608. The molecule has 0 radical (unpaired) electrons. The Hall–Kier alpha value is -1.97. The van der Waals surface area contributed by atoms with Gasteiger partial charge in [0.2, 0.25) is 0 Å². The molecule has 104 valence electrons. The molecule has 3 nitrogen and oxygen atoms in total.